The quantitative estimate of drug-likeness (QED) is 0.159. The summed E-state index contributed by atoms with van der Waals surface area (Å²) in [6.07, 6.45) is -0.298. The number of rotatable bonds is 7. The van der Waals surface area contributed by atoms with Crippen molar-refractivity contribution in [1.82, 2.24) is 0 Å². The van der Waals surface area contributed by atoms with Gasteiger partial charge in [-0.15, -0.1) is 0 Å². The van der Waals surface area contributed by atoms with E-state index in [0.29, 0.717) is 6.07 Å². The first-order valence-electron chi connectivity index (χ1n) is 11.8. The van der Waals surface area contributed by atoms with Crippen LogP contribution in [0.25, 0.3) is 28.1 Å². The van der Waals surface area contributed by atoms with E-state index in [4.69, 9.17) is 0 Å². The van der Waals surface area contributed by atoms with E-state index in [1.54, 1.807) is 0 Å². The van der Waals surface area contributed by atoms with Gasteiger partial charge in [0.2, 0.25) is 0 Å². The van der Waals surface area contributed by atoms with Crippen LogP contribution in [0.3, 0.4) is 0 Å². The molecule has 202 valence electrons. The van der Waals surface area contributed by atoms with E-state index >= 15 is 0 Å². The lowest BCUT2D eigenvalue weighted by Gasteiger charge is -2.12. The maximum Gasteiger partial charge on any atom is 0.194 e. The van der Waals surface area contributed by atoms with E-state index in [2.05, 4.69) is 0 Å². The van der Waals surface area contributed by atoms with Crippen LogP contribution < -0.4 is 0 Å². The summed E-state index contributed by atoms with van der Waals surface area (Å²) in [6.45, 7) is 1.38. The van der Waals surface area contributed by atoms with Crippen molar-refractivity contribution in [3.63, 3.8) is 0 Å². The molecule has 0 fully saturated rings. The second-order valence-electron chi connectivity index (χ2n) is 8.76. The molecule has 4 aromatic rings. The molecule has 0 atom stereocenters. The third-order valence-electron chi connectivity index (χ3n) is 6.19. The molecule has 0 radical (unpaired) electrons. The highest BCUT2D eigenvalue weighted by Gasteiger charge is 2.19. The molecule has 0 amide bonds. The van der Waals surface area contributed by atoms with E-state index in [1.165, 1.54) is 19.1 Å². The van der Waals surface area contributed by atoms with Crippen LogP contribution in [0, 0.1) is 40.7 Å². The van der Waals surface area contributed by atoms with Gasteiger partial charge >= 0.3 is 0 Å². The molecule has 0 aromatic heterocycles. The highest BCUT2D eigenvalue weighted by Crippen LogP contribution is 2.34. The van der Waals surface area contributed by atoms with Crippen LogP contribution in [-0.2, 0) is 12.8 Å². The van der Waals surface area contributed by atoms with Gasteiger partial charge in [-0.25, -0.2) is 39.5 Å². The number of benzene rings is 4. The topological polar surface area (TPSA) is 0 Å². The van der Waals surface area contributed by atoms with E-state index in [9.17, 15) is 39.5 Å². The van der Waals surface area contributed by atoms with Gasteiger partial charge in [-0.05, 0) is 77.9 Å². The van der Waals surface area contributed by atoms with Gasteiger partial charge in [0, 0.05) is 11.1 Å². The molecule has 0 saturated carbocycles. The number of hydrogen-bond donors (Lipinski definition) is 0. The fraction of sp³-hybridized carbons (Fsp3) is 0.133. The molecule has 0 saturated heterocycles. The van der Waals surface area contributed by atoms with Gasteiger partial charge in [-0.2, -0.15) is 0 Å². The number of allylic oxidation sites excluding steroid dienone is 1. The average molecular weight is 550 g/mol. The third kappa shape index (κ3) is 5.87. The highest BCUT2D eigenvalue weighted by atomic mass is 19.2. The Kier molecular flexibility index (Phi) is 8.18. The van der Waals surface area contributed by atoms with Gasteiger partial charge in [0.15, 0.2) is 23.3 Å². The van der Waals surface area contributed by atoms with Crippen molar-refractivity contribution in [2.45, 2.75) is 26.2 Å². The van der Waals surface area contributed by atoms with Gasteiger partial charge in [0.1, 0.15) is 29.1 Å². The Morgan fingerprint density at radius 3 is 1.77 bits per heavy atom. The van der Waals surface area contributed by atoms with Gasteiger partial charge < -0.3 is 0 Å². The minimum Gasteiger partial charge on any atom is -0.209 e. The Balaban J connectivity index is 1.59. The summed E-state index contributed by atoms with van der Waals surface area (Å²) in [5.41, 5.74) is -1.39. The Morgan fingerprint density at radius 2 is 1.21 bits per heavy atom. The maximum absolute atomic E-state index is 15.0. The third-order valence-corrected chi connectivity index (χ3v) is 6.19. The molecule has 4 rings (SSSR count). The first-order valence-corrected chi connectivity index (χ1v) is 11.8. The van der Waals surface area contributed by atoms with Gasteiger partial charge in [-0.1, -0.05) is 31.2 Å². The van der Waals surface area contributed by atoms with E-state index in [0.717, 1.165) is 42.5 Å². The summed E-state index contributed by atoms with van der Waals surface area (Å²) in [4.78, 5) is 0. The molecule has 0 nitrogen and oxygen atoms in total. The highest BCUT2D eigenvalue weighted by molar-refractivity contribution is 5.74. The number of halogens is 9. The molecule has 0 heterocycles. The summed E-state index contributed by atoms with van der Waals surface area (Å²) in [5, 5.41) is 0. The first kappa shape index (κ1) is 28.0. The predicted molar refractivity (Wildman–Crippen MR) is 130 cm³/mol. The van der Waals surface area contributed by atoms with Gasteiger partial charge in [-0.3, -0.25) is 0 Å². The summed E-state index contributed by atoms with van der Waals surface area (Å²) in [7, 11) is 0. The average Bonchev–Trinajstić information content (AvgIpc) is 2.89. The summed E-state index contributed by atoms with van der Waals surface area (Å²) >= 11 is 0. The van der Waals surface area contributed by atoms with E-state index < -0.39 is 57.9 Å². The smallest absolute Gasteiger partial charge is 0.194 e. The van der Waals surface area contributed by atoms with Crippen LogP contribution in [0.15, 0.2) is 66.5 Å². The van der Waals surface area contributed by atoms with Crippen LogP contribution in [0.1, 0.15) is 30.0 Å². The molecule has 0 unspecified atom stereocenters. The molecule has 9 heteroatoms. The number of aryl methyl sites for hydroxylation is 2. The Hall–Kier alpha value is -4.01. The molecule has 39 heavy (non-hydrogen) atoms. The SMILES string of the molecule is CCC(F)=C(F)c1ccc(-c2cc(F)c(-c3ccc(CCc4cc(F)c(F)c(F)c4)c(F)c3)c(F)c2)c(F)c1. The Bertz CT molecular complexity index is 1540. The zero-order valence-electron chi connectivity index (χ0n) is 20.3. The van der Waals surface area contributed by atoms with Crippen LogP contribution in [0.4, 0.5) is 39.5 Å². The minimum absolute atomic E-state index is 0.0308. The van der Waals surface area contributed by atoms with Crippen LogP contribution in [0.2, 0.25) is 0 Å². The minimum atomic E-state index is -1.61. The maximum atomic E-state index is 15.0. The lowest BCUT2D eigenvalue weighted by atomic mass is 9.96. The molecule has 0 aliphatic heterocycles. The van der Waals surface area contributed by atoms with Crippen molar-refractivity contribution in [1.29, 1.82) is 0 Å². The lowest BCUT2D eigenvalue weighted by molar-refractivity contribution is 0.445. The van der Waals surface area contributed by atoms with Crippen molar-refractivity contribution < 1.29 is 39.5 Å². The monoisotopic (exact) mass is 550 g/mol. The van der Waals surface area contributed by atoms with Crippen molar-refractivity contribution >= 4 is 5.83 Å². The van der Waals surface area contributed by atoms with Crippen molar-refractivity contribution in [3.8, 4) is 22.3 Å². The second kappa shape index (κ2) is 11.4. The Labute approximate surface area is 218 Å². The molecule has 0 spiro atoms. The van der Waals surface area contributed by atoms with Crippen molar-refractivity contribution in [2.24, 2.45) is 0 Å². The zero-order chi connectivity index (χ0) is 28.4. The normalized spacial score (nSPS) is 12.1. The number of hydrogen-bond acceptors (Lipinski definition) is 0. The molecular weight excluding hydrogens is 531 g/mol. The van der Waals surface area contributed by atoms with Crippen LogP contribution >= 0.6 is 0 Å². The molecule has 0 bridgehead atoms. The molecule has 4 aromatic carbocycles. The Morgan fingerprint density at radius 1 is 0.590 bits per heavy atom. The summed E-state index contributed by atoms with van der Waals surface area (Å²) in [6, 6.07) is 9.50. The fourth-order valence-electron chi connectivity index (χ4n) is 4.14. The lowest BCUT2D eigenvalue weighted by Crippen LogP contribution is -2.00. The standard InChI is InChI=1S/C30H19F9/c1-2-21(31)29(38)18-7-8-20(23(33)12-18)19-13-24(34)28(25(35)14-19)17-6-5-16(22(32)11-17)4-3-15-9-26(36)30(39)27(37)10-15/h5-14H,2-4H2,1H3. The molecule has 0 aliphatic rings. The summed E-state index contributed by atoms with van der Waals surface area (Å²) < 4.78 is 127. The van der Waals surface area contributed by atoms with Gasteiger partial charge in [0.05, 0.1) is 5.56 Å². The largest absolute Gasteiger partial charge is 0.209 e. The van der Waals surface area contributed by atoms with E-state index in [1.807, 2.05) is 0 Å². The van der Waals surface area contributed by atoms with Crippen molar-refractivity contribution in [2.75, 3.05) is 0 Å². The van der Waals surface area contributed by atoms with Crippen LogP contribution in [0.5, 0.6) is 0 Å². The zero-order valence-corrected chi connectivity index (χ0v) is 20.3. The molecule has 0 N–H and O–H groups in total. The first-order chi connectivity index (χ1) is 18.5. The molecular formula is C30H19F9. The summed E-state index contributed by atoms with van der Waals surface area (Å²) in [5.74, 6) is -10.8. The van der Waals surface area contributed by atoms with Crippen molar-refractivity contribution in [3.05, 3.63) is 124 Å². The molecule has 0 aliphatic carbocycles. The van der Waals surface area contributed by atoms with Crippen LogP contribution in [-0.4, -0.2) is 0 Å². The predicted octanol–water partition coefficient (Wildman–Crippen LogP) is 9.80. The fourth-order valence-corrected chi connectivity index (χ4v) is 4.14. The van der Waals surface area contributed by atoms with E-state index in [-0.39, 0.29) is 52.6 Å². The second-order valence-corrected chi connectivity index (χ2v) is 8.76. The van der Waals surface area contributed by atoms with Gasteiger partial charge in [0.25, 0.3) is 0 Å².